The minimum absolute atomic E-state index is 0.178. The lowest BCUT2D eigenvalue weighted by Crippen LogP contribution is -2.16. The molecule has 1 unspecified atom stereocenters. The van der Waals surface area contributed by atoms with Crippen LogP contribution in [0.1, 0.15) is 19.4 Å². The van der Waals surface area contributed by atoms with E-state index in [1.807, 2.05) is 20.8 Å². The topological polar surface area (TPSA) is 70.1 Å². The summed E-state index contributed by atoms with van der Waals surface area (Å²) < 4.78 is 0. The van der Waals surface area contributed by atoms with Crippen LogP contribution in [0.4, 0.5) is 11.6 Å². The first kappa shape index (κ1) is 12.7. The van der Waals surface area contributed by atoms with Crippen molar-refractivity contribution in [3.05, 3.63) is 11.9 Å². The maximum Gasteiger partial charge on any atom is 0.134 e. The standard InChI is InChI=1S/C11H20N4O/c1-4-12-10-9(3)11(15-7-14-10)13-5-8(2)6-16/h7-8,16H,4-6H2,1-3H3,(H2,12,13,14,15). The fourth-order valence-corrected chi connectivity index (χ4v) is 1.31. The second-order valence-electron chi connectivity index (χ2n) is 3.89. The molecule has 0 aromatic carbocycles. The molecular formula is C11H20N4O. The van der Waals surface area contributed by atoms with Gasteiger partial charge in [-0.1, -0.05) is 6.92 Å². The van der Waals surface area contributed by atoms with E-state index in [1.54, 1.807) is 0 Å². The molecule has 0 aliphatic rings. The molecule has 1 rings (SSSR count). The van der Waals surface area contributed by atoms with Crippen LogP contribution in [0, 0.1) is 12.8 Å². The van der Waals surface area contributed by atoms with E-state index in [2.05, 4.69) is 20.6 Å². The summed E-state index contributed by atoms with van der Waals surface area (Å²) in [5.74, 6) is 1.90. The number of rotatable bonds is 6. The van der Waals surface area contributed by atoms with E-state index in [-0.39, 0.29) is 12.5 Å². The van der Waals surface area contributed by atoms with Gasteiger partial charge in [-0.15, -0.1) is 0 Å². The highest BCUT2D eigenvalue weighted by Crippen LogP contribution is 2.17. The maximum absolute atomic E-state index is 8.94. The second kappa shape index (κ2) is 6.27. The Kier molecular flexibility index (Phi) is 4.98. The summed E-state index contributed by atoms with van der Waals surface area (Å²) in [7, 11) is 0. The molecule has 5 heteroatoms. The molecule has 0 aliphatic carbocycles. The third-order valence-electron chi connectivity index (χ3n) is 2.36. The molecule has 0 bridgehead atoms. The molecule has 1 aromatic heterocycles. The highest BCUT2D eigenvalue weighted by atomic mass is 16.3. The van der Waals surface area contributed by atoms with Gasteiger partial charge >= 0.3 is 0 Å². The molecule has 0 saturated heterocycles. The zero-order chi connectivity index (χ0) is 12.0. The molecule has 0 fully saturated rings. The van der Waals surface area contributed by atoms with Crippen LogP contribution >= 0.6 is 0 Å². The number of nitrogens with one attached hydrogen (secondary N) is 2. The molecule has 3 N–H and O–H groups in total. The smallest absolute Gasteiger partial charge is 0.134 e. The Hall–Kier alpha value is -1.36. The largest absolute Gasteiger partial charge is 0.396 e. The SMILES string of the molecule is CCNc1ncnc(NCC(C)CO)c1C. The van der Waals surface area contributed by atoms with Crippen molar-refractivity contribution in [3.8, 4) is 0 Å². The molecule has 16 heavy (non-hydrogen) atoms. The zero-order valence-corrected chi connectivity index (χ0v) is 10.1. The van der Waals surface area contributed by atoms with Gasteiger partial charge in [-0.05, 0) is 19.8 Å². The molecular weight excluding hydrogens is 204 g/mol. The fraction of sp³-hybridized carbons (Fsp3) is 0.636. The van der Waals surface area contributed by atoms with Gasteiger partial charge in [0.2, 0.25) is 0 Å². The number of aromatic nitrogens is 2. The van der Waals surface area contributed by atoms with Gasteiger partial charge in [0, 0.05) is 25.3 Å². The molecule has 0 saturated carbocycles. The third kappa shape index (κ3) is 3.34. The van der Waals surface area contributed by atoms with Gasteiger partial charge in [0.25, 0.3) is 0 Å². The van der Waals surface area contributed by atoms with Crippen molar-refractivity contribution < 1.29 is 5.11 Å². The van der Waals surface area contributed by atoms with Crippen molar-refractivity contribution in [2.45, 2.75) is 20.8 Å². The number of hydrogen-bond acceptors (Lipinski definition) is 5. The molecule has 1 heterocycles. The normalized spacial score (nSPS) is 12.2. The molecule has 0 amide bonds. The Morgan fingerprint density at radius 3 is 2.50 bits per heavy atom. The molecule has 5 nitrogen and oxygen atoms in total. The summed E-state index contributed by atoms with van der Waals surface area (Å²) in [6.45, 7) is 7.71. The number of nitrogens with zero attached hydrogens (tertiary/aromatic N) is 2. The summed E-state index contributed by atoms with van der Waals surface area (Å²) in [5.41, 5.74) is 1.01. The average Bonchev–Trinajstić information content (AvgIpc) is 2.30. The quantitative estimate of drug-likeness (QED) is 0.678. The Labute approximate surface area is 96.3 Å². The molecule has 0 spiro atoms. The lowest BCUT2D eigenvalue weighted by molar-refractivity contribution is 0.244. The summed E-state index contributed by atoms with van der Waals surface area (Å²) in [6, 6.07) is 0. The number of hydrogen-bond donors (Lipinski definition) is 3. The Bertz CT molecular complexity index is 330. The molecule has 0 radical (unpaired) electrons. The van der Waals surface area contributed by atoms with Crippen molar-refractivity contribution >= 4 is 11.6 Å². The van der Waals surface area contributed by atoms with Gasteiger partial charge in [-0.3, -0.25) is 0 Å². The Balaban J connectivity index is 2.69. The van der Waals surface area contributed by atoms with Crippen molar-refractivity contribution in [2.75, 3.05) is 30.3 Å². The van der Waals surface area contributed by atoms with Crippen molar-refractivity contribution in [3.63, 3.8) is 0 Å². The van der Waals surface area contributed by atoms with Gasteiger partial charge in [0.15, 0.2) is 0 Å². The molecule has 1 atom stereocenters. The Morgan fingerprint density at radius 2 is 1.94 bits per heavy atom. The van der Waals surface area contributed by atoms with E-state index in [0.717, 1.165) is 23.7 Å². The molecule has 90 valence electrons. The highest BCUT2D eigenvalue weighted by molar-refractivity contribution is 5.56. The van der Waals surface area contributed by atoms with Crippen LogP contribution < -0.4 is 10.6 Å². The van der Waals surface area contributed by atoms with E-state index in [9.17, 15) is 0 Å². The first-order valence-electron chi connectivity index (χ1n) is 5.59. The monoisotopic (exact) mass is 224 g/mol. The molecule has 1 aromatic rings. The van der Waals surface area contributed by atoms with E-state index < -0.39 is 0 Å². The van der Waals surface area contributed by atoms with Crippen molar-refractivity contribution in [2.24, 2.45) is 5.92 Å². The van der Waals surface area contributed by atoms with Gasteiger partial charge in [0.1, 0.15) is 18.0 Å². The van der Waals surface area contributed by atoms with Gasteiger partial charge in [0.05, 0.1) is 0 Å². The molecule has 0 aliphatic heterocycles. The minimum atomic E-state index is 0.178. The highest BCUT2D eigenvalue weighted by Gasteiger charge is 2.07. The first-order valence-corrected chi connectivity index (χ1v) is 5.59. The summed E-state index contributed by atoms with van der Waals surface area (Å²) >= 11 is 0. The van der Waals surface area contributed by atoms with Gasteiger partial charge < -0.3 is 15.7 Å². The van der Waals surface area contributed by atoms with Crippen LogP contribution in [-0.2, 0) is 0 Å². The van der Waals surface area contributed by atoms with Gasteiger partial charge in [-0.2, -0.15) is 0 Å². The minimum Gasteiger partial charge on any atom is -0.396 e. The predicted molar refractivity (Wildman–Crippen MR) is 65.7 cm³/mol. The third-order valence-corrected chi connectivity index (χ3v) is 2.36. The predicted octanol–water partition coefficient (Wildman–Crippen LogP) is 1.26. The van der Waals surface area contributed by atoms with Crippen molar-refractivity contribution in [1.29, 1.82) is 0 Å². The average molecular weight is 224 g/mol. The van der Waals surface area contributed by atoms with E-state index >= 15 is 0 Å². The van der Waals surface area contributed by atoms with Crippen LogP contribution in [0.25, 0.3) is 0 Å². The zero-order valence-electron chi connectivity index (χ0n) is 10.1. The Morgan fingerprint density at radius 1 is 1.31 bits per heavy atom. The van der Waals surface area contributed by atoms with Crippen LogP contribution in [0.3, 0.4) is 0 Å². The number of aliphatic hydroxyl groups is 1. The maximum atomic E-state index is 8.94. The summed E-state index contributed by atoms with van der Waals surface area (Å²) in [5, 5.41) is 15.3. The fourth-order valence-electron chi connectivity index (χ4n) is 1.31. The van der Waals surface area contributed by atoms with E-state index in [1.165, 1.54) is 6.33 Å². The van der Waals surface area contributed by atoms with Crippen molar-refractivity contribution in [1.82, 2.24) is 9.97 Å². The summed E-state index contributed by atoms with van der Waals surface area (Å²) in [6.07, 6.45) is 1.54. The number of aliphatic hydroxyl groups excluding tert-OH is 1. The second-order valence-corrected chi connectivity index (χ2v) is 3.89. The van der Waals surface area contributed by atoms with Gasteiger partial charge in [-0.25, -0.2) is 9.97 Å². The van der Waals surface area contributed by atoms with Crippen LogP contribution in [-0.4, -0.2) is 34.8 Å². The number of anilines is 2. The van der Waals surface area contributed by atoms with E-state index in [0.29, 0.717) is 6.54 Å². The van der Waals surface area contributed by atoms with Crippen LogP contribution in [0.2, 0.25) is 0 Å². The van der Waals surface area contributed by atoms with Crippen LogP contribution in [0.5, 0.6) is 0 Å². The lowest BCUT2D eigenvalue weighted by Gasteiger charge is -2.14. The van der Waals surface area contributed by atoms with Crippen LogP contribution in [0.15, 0.2) is 6.33 Å². The first-order chi connectivity index (χ1) is 7.69. The lowest BCUT2D eigenvalue weighted by atomic mass is 10.2. The summed E-state index contributed by atoms with van der Waals surface area (Å²) in [4.78, 5) is 8.35. The van der Waals surface area contributed by atoms with E-state index in [4.69, 9.17) is 5.11 Å².